The fourth-order valence-electron chi connectivity index (χ4n) is 4.11. The highest BCUT2D eigenvalue weighted by Crippen LogP contribution is 2.50. The van der Waals surface area contributed by atoms with Crippen molar-refractivity contribution in [2.45, 2.75) is 18.9 Å². The van der Waals surface area contributed by atoms with Crippen LogP contribution in [0.4, 0.5) is 0 Å². The Labute approximate surface area is 141 Å². The number of benzene rings is 2. The van der Waals surface area contributed by atoms with E-state index < -0.39 is 0 Å². The average molecular weight is 330 g/mol. The van der Waals surface area contributed by atoms with Crippen LogP contribution in [0.2, 0.25) is 0 Å². The smallest absolute Gasteiger partial charge is 0.165 e. The van der Waals surface area contributed by atoms with E-state index in [1.807, 2.05) is 6.07 Å². The summed E-state index contributed by atoms with van der Waals surface area (Å²) in [6.07, 6.45) is 1.95. The number of rotatable bonds is 3. The second kappa shape index (κ2) is 5.73. The van der Waals surface area contributed by atoms with Gasteiger partial charge in [-0.05, 0) is 41.2 Å². The highest BCUT2D eigenvalue weighted by Gasteiger charge is 2.35. The Morgan fingerprint density at radius 2 is 2.13 bits per heavy atom. The van der Waals surface area contributed by atoms with Gasteiger partial charge in [0.1, 0.15) is 0 Å². The monoisotopic (exact) mass is 329 g/mol. The normalized spacial score (nSPS) is 19.1. The molecule has 1 heterocycles. The molecular weight excluding hydrogens is 310 g/mol. The maximum Gasteiger partial charge on any atom is 0.165 e. The third-order valence-electron chi connectivity index (χ3n) is 5.14. The number of phenols is 1. The molecule has 23 heavy (non-hydrogen) atoms. The molecule has 0 aromatic heterocycles. The zero-order valence-corrected chi connectivity index (χ0v) is 13.9. The van der Waals surface area contributed by atoms with Crippen molar-refractivity contribution in [1.82, 2.24) is 4.90 Å². The third-order valence-corrected chi connectivity index (χ3v) is 5.31. The molecule has 0 radical (unpaired) electrons. The minimum Gasteiger partial charge on any atom is -0.504 e. The minimum atomic E-state index is 0.256. The van der Waals surface area contributed by atoms with Crippen molar-refractivity contribution in [2.24, 2.45) is 0 Å². The van der Waals surface area contributed by atoms with Gasteiger partial charge in [0, 0.05) is 30.6 Å². The largest absolute Gasteiger partial charge is 0.504 e. The first-order valence-corrected chi connectivity index (χ1v) is 8.59. The molecule has 1 atom stereocenters. The number of ether oxygens (including phenoxy) is 1. The van der Waals surface area contributed by atoms with Crippen LogP contribution in [0.25, 0.3) is 11.1 Å². The molecule has 4 heteroatoms. The number of methoxy groups -OCH3 is 1. The number of phenolic OH excluding ortho intramolecular Hbond substituents is 1. The predicted molar refractivity (Wildman–Crippen MR) is 92.5 cm³/mol. The van der Waals surface area contributed by atoms with Gasteiger partial charge in [-0.2, -0.15) is 0 Å². The summed E-state index contributed by atoms with van der Waals surface area (Å²) < 4.78 is 5.31. The molecule has 1 aliphatic heterocycles. The molecule has 1 aliphatic carbocycles. The van der Waals surface area contributed by atoms with Gasteiger partial charge in [0.2, 0.25) is 0 Å². The van der Waals surface area contributed by atoms with Crippen molar-refractivity contribution in [1.29, 1.82) is 0 Å². The first kappa shape index (κ1) is 14.9. The maximum atomic E-state index is 10.7. The summed E-state index contributed by atoms with van der Waals surface area (Å²) in [6, 6.07) is 10.7. The van der Waals surface area contributed by atoms with Gasteiger partial charge in [0.25, 0.3) is 0 Å². The molecule has 0 spiro atoms. The minimum absolute atomic E-state index is 0.256. The second-order valence-electron chi connectivity index (χ2n) is 6.22. The second-order valence-corrected chi connectivity index (χ2v) is 6.60. The molecule has 1 N–H and O–H groups in total. The predicted octanol–water partition coefficient (Wildman–Crippen LogP) is 3.76. The van der Waals surface area contributed by atoms with E-state index in [1.165, 1.54) is 16.7 Å². The molecule has 2 aromatic rings. The molecule has 0 saturated carbocycles. The fourth-order valence-corrected chi connectivity index (χ4v) is 4.33. The summed E-state index contributed by atoms with van der Waals surface area (Å²) in [6.45, 7) is 1.95. The van der Waals surface area contributed by atoms with Crippen molar-refractivity contribution in [3.63, 3.8) is 0 Å². The molecule has 3 nitrogen and oxygen atoms in total. The lowest BCUT2D eigenvalue weighted by Gasteiger charge is -2.41. The van der Waals surface area contributed by atoms with Gasteiger partial charge < -0.3 is 9.84 Å². The SMILES string of the molecule is COc1ccc2c(c1O)-c1cccc3c1[C@@H](C2)N(CCCl)CC3. The summed E-state index contributed by atoms with van der Waals surface area (Å²) in [4.78, 5) is 2.48. The van der Waals surface area contributed by atoms with E-state index in [2.05, 4.69) is 29.2 Å². The van der Waals surface area contributed by atoms with Gasteiger partial charge in [-0.25, -0.2) is 0 Å². The van der Waals surface area contributed by atoms with Gasteiger partial charge in [-0.15, -0.1) is 11.6 Å². The van der Waals surface area contributed by atoms with Crippen molar-refractivity contribution in [3.05, 3.63) is 47.0 Å². The third kappa shape index (κ3) is 2.22. The quantitative estimate of drug-likeness (QED) is 0.870. The van der Waals surface area contributed by atoms with Crippen LogP contribution in [-0.4, -0.2) is 36.1 Å². The van der Waals surface area contributed by atoms with E-state index in [0.29, 0.717) is 17.7 Å². The highest BCUT2D eigenvalue weighted by atomic mass is 35.5. The van der Waals surface area contributed by atoms with Crippen LogP contribution in [0.1, 0.15) is 22.7 Å². The maximum absolute atomic E-state index is 10.7. The average Bonchev–Trinajstić information content (AvgIpc) is 2.57. The molecular formula is C19H20ClNO2. The van der Waals surface area contributed by atoms with Crippen LogP contribution in [0.5, 0.6) is 11.5 Å². The van der Waals surface area contributed by atoms with E-state index in [1.54, 1.807) is 7.11 Å². The molecule has 2 aromatic carbocycles. The fraction of sp³-hybridized carbons (Fsp3) is 0.368. The number of halogens is 1. The zero-order valence-electron chi connectivity index (χ0n) is 13.2. The van der Waals surface area contributed by atoms with Crippen LogP contribution in [0.3, 0.4) is 0 Å². The topological polar surface area (TPSA) is 32.7 Å². The molecule has 2 aliphatic rings. The van der Waals surface area contributed by atoms with Crippen LogP contribution in [0, 0.1) is 0 Å². The lowest BCUT2D eigenvalue weighted by Crippen LogP contribution is -2.39. The van der Waals surface area contributed by atoms with E-state index in [-0.39, 0.29) is 5.75 Å². The first-order valence-electron chi connectivity index (χ1n) is 8.05. The standard InChI is InChI=1S/C19H20ClNO2/c1-23-16-6-5-13-11-15-17-12(7-9-21(15)10-8-20)3-2-4-14(17)18(13)19(16)22/h2-6,15,22H,7-11H2,1H3/t15-/m1/s1. The Hall–Kier alpha value is -1.71. The van der Waals surface area contributed by atoms with Crippen molar-refractivity contribution in [3.8, 4) is 22.6 Å². The number of hydrogen-bond acceptors (Lipinski definition) is 3. The van der Waals surface area contributed by atoms with Crippen molar-refractivity contribution in [2.75, 3.05) is 26.1 Å². The lowest BCUT2D eigenvalue weighted by atomic mass is 9.77. The number of nitrogens with zero attached hydrogens (tertiary/aromatic N) is 1. The van der Waals surface area contributed by atoms with Crippen LogP contribution in [-0.2, 0) is 12.8 Å². The summed E-state index contributed by atoms with van der Waals surface area (Å²) in [5.41, 5.74) is 6.01. The number of aromatic hydroxyl groups is 1. The summed E-state index contributed by atoms with van der Waals surface area (Å²) in [5.74, 6) is 1.44. The molecule has 0 fully saturated rings. The summed E-state index contributed by atoms with van der Waals surface area (Å²) >= 11 is 6.01. The molecule has 0 unspecified atom stereocenters. The zero-order chi connectivity index (χ0) is 16.0. The molecule has 0 bridgehead atoms. The number of hydrogen-bond donors (Lipinski definition) is 1. The molecule has 120 valence electrons. The van der Waals surface area contributed by atoms with E-state index in [0.717, 1.165) is 37.1 Å². The van der Waals surface area contributed by atoms with Crippen molar-refractivity contribution >= 4 is 11.6 Å². The summed E-state index contributed by atoms with van der Waals surface area (Å²) in [5, 5.41) is 10.7. The van der Waals surface area contributed by atoms with Gasteiger partial charge >= 0.3 is 0 Å². The number of fused-ring (bicyclic) bond motifs is 2. The molecule has 0 amide bonds. The number of alkyl halides is 1. The van der Waals surface area contributed by atoms with Crippen molar-refractivity contribution < 1.29 is 9.84 Å². The van der Waals surface area contributed by atoms with E-state index in [4.69, 9.17) is 16.3 Å². The Morgan fingerprint density at radius 1 is 1.26 bits per heavy atom. The van der Waals surface area contributed by atoms with Crippen LogP contribution < -0.4 is 4.74 Å². The Kier molecular flexibility index (Phi) is 3.70. The highest BCUT2D eigenvalue weighted by molar-refractivity contribution is 6.18. The van der Waals surface area contributed by atoms with E-state index >= 15 is 0 Å². The van der Waals surface area contributed by atoms with Crippen LogP contribution in [0.15, 0.2) is 30.3 Å². The molecule has 4 rings (SSSR count). The van der Waals surface area contributed by atoms with Gasteiger partial charge in [-0.3, -0.25) is 4.90 Å². The molecule has 0 saturated heterocycles. The van der Waals surface area contributed by atoms with Gasteiger partial charge in [-0.1, -0.05) is 24.3 Å². The van der Waals surface area contributed by atoms with Gasteiger partial charge in [0.05, 0.1) is 7.11 Å². The first-order chi connectivity index (χ1) is 11.2. The van der Waals surface area contributed by atoms with E-state index in [9.17, 15) is 5.11 Å². The Balaban J connectivity index is 1.93. The summed E-state index contributed by atoms with van der Waals surface area (Å²) in [7, 11) is 1.59. The Morgan fingerprint density at radius 3 is 2.91 bits per heavy atom. The lowest BCUT2D eigenvalue weighted by molar-refractivity contribution is 0.194. The van der Waals surface area contributed by atoms with Crippen LogP contribution >= 0.6 is 11.6 Å². The van der Waals surface area contributed by atoms with Gasteiger partial charge in [0.15, 0.2) is 11.5 Å². The Bertz CT molecular complexity index is 759.